The predicted octanol–water partition coefficient (Wildman–Crippen LogP) is 23.2. The number of esters is 3. The number of carbonyl (C=O) groups excluding carboxylic acids is 3. The lowest BCUT2D eigenvalue weighted by atomic mass is 10.0. The third-order valence-electron chi connectivity index (χ3n) is 14.5. The summed E-state index contributed by atoms with van der Waals surface area (Å²) in [5.74, 6) is -0.951. The summed E-state index contributed by atoms with van der Waals surface area (Å²) in [7, 11) is 0. The van der Waals surface area contributed by atoms with Gasteiger partial charge in [-0.3, -0.25) is 14.4 Å². The molecule has 0 spiro atoms. The van der Waals surface area contributed by atoms with Crippen molar-refractivity contribution in [2.24, 2.45) is 0 Å². The summed E-state index contributed by atoms with van der Waals surface area (Å²) in [4.78, 5) is 38.4. The summed E-state index contributed by atoms with van der Waals surface area (Å²) in [6.45, 7) is 6.50. The lowest BCUT2D eigenvalue weighted by molar-refractivity contribution is -0.167. The van der Waals surface area contributed by atoms with Crippen LogP contribution in [0.25, 0.3) is 0 Å². The molecule has 0 aromatic rings. The van der Waals surface area contributed by atoms with Gasteiger partial charge in [0.2, 0.25) is 0 Å². The molecular weight excluding hydrogens is 973 g/mol. The Kier molecular flexibility index (Phi) is 63.7. The van der Waals surface area contributed by atoms with Crippen molar-refractivity contribution in [2.75, 3.05) is 13.2 Å². The Morgan fingerprint density at radius 1 is 0.266 bits per heavy atom. The minimum Gasteiger partial charge on any atom is -0.462 e. The van der Waals surface area contributed by atoms with Crippen molar-refractivity contribution in [1.82, 2.24) is 0 Å². The van der Waals surface area contributed by atoms with Gasteiger partial charge in [0, 0.05) is 19.3 Å². The summed E-state index contributed by atoms with van der Waals surface area (Å²) >= 11 is 0. The minimum absolute atomic E-state index is 0.100. The maximum absolute atomic E-state index is 12.9. The molecule has 1 unspecified atom stereocenters. The van der Waals surface area contributed by atoms with E-state index in [0.29, 0.717) is 19.3 Å². The molecule has 0 aliphatic carbocycles. The molecule has 0 fully saturated rings. The van der Waals surface area contributed by atoms with Crippen LogP contribution in [0.4, 0.5) is 0 Å². The molecule has 0 saturated carbocycles. The smallest absolute Gasteiger partial charge is 0.306 e. The fourth-order valence-electron chi connectivity index (χ4n) is 9.51. The normalized spacial score (nSPS) is 12.7. The fourth-order valence-corrected chi connectivity index (χ4v) is 9.51. The number of unbranched alkanes of at least 4 members (excludes halogenated alkanes) is 34. The molecule has 0 aliphatic heterocycles. The Labute approximate surface area is 489 Å². The van der Waals surface area contributed by atoms with Crippen LogP contribution in [0.2, 0.25) is 0 Å². The van der Waals surface area contributed by atoms with Gasteiger partial charge in [-0.25, -0.2) is 0 Å². The largest absolute Gasteiger partial charge is 0.462 e. The highest BCUT2D eigenvalue weighted by Crippen LogP contribution is 2.16. The third-order valence-corrected chi connectivity index (χ3v) is 14.5. The van der Waals surface area contributed by atoms with Gasteiger partial charge in [-0.2, -0.15) is 0 Å². The van der Waals surface area contributed by atoms with Crippen molar-refractivity contribution in [3.05, 3.63) is 97.2 Å². The molecule has 0 bridgehead atoms. The van der Waals surface area contributed by atoms with Crippen molar-refractivity contribution in [1.29, 1.82) is 0 Å². The lowest BCUT2D eigenvalue weighted by Crippen LogP contribution is -2.30. The zero-order valence-electron chi connectivity index (χ0n) is 52.1. The van der Waals surface area contributed by atoms with E-state index in [2.05, 4.69) is 118 Å². The molecular formula is C73H126O6. The van der Waals surface area contributed by atoms with Gasteiger partial charge in [0.1, 0.15) is 13.2 Å². The van der Waals surface area contributed by atoms with Crippen molar-refractivity contribution in [3.63, 3.8) is 0 Å². The predicted molar refractivity (Wildman–Crippen MR) is 344 cm³/mol. The summed E-state index contributed by atoms with van der Waals surface area (Å²) in [6.07, 6.45) is 90.0. The second-order valence-electron chi connectivity index (χ2n) is 22.3. The van der Waals surface area contributed by atoms with E-state index in [0.717, 1.165) is 83.5 Å². The monoisotopic (exact) mass is 1100 g/mol. The highest BCUT2D eigenvalue weighted by atomic mass is 16.6. The average Bonchev–Trinajstić information content (AvgIpc) is 3.45. The van der Waals surface area contributed by atoms with Gasteiger partial charge in [0.25, 0.3) is 0 Å². The maximum atomic E-state index is 12.9. The number of ether oxygens (including phenoxy) is 3. The van der Waals surface area contributed by atoms with Gasteiger partial charge in [-0.15, -0.1) is 0 Å². The van der Waals surface area contributed by atoms with Crippen molar-refractivity contribution < 1.29 is 28.6 Å². The van der Waals surface area contributed by atoms with Gasteiger partial charge in [0.15, 0.2) is 6.10 Å². The molecule has 0 heterocycles. The van der Waals surface area contributed by atoms with Crippen LogP contribution >= 0.6 is 0 Å². The first kappa shape index (κ1) is 75.3. The first-order chi connectivity index (χ1) is 39.0. The van der Waals surface area contributed by atoms with Gasteiger partial charge >= 0.3 is 17.9 Å². The molecule has 0 N–H and O–H groups in total. The summed E-state index contributed by atoms with van der Waals surface area (Å²) < 4.78 is 16.9. The van der Waals surface area contributed by atoms with E-state index in [1.165, 1.54) is 199 Å². The topological polar surface area (TPSA) is 78.9 Å². The molecule has 0 aromatic heterocycles. The fraction of sp³-hybridized carbons (Fsp3) is 0.740. The Morgan fingerprint density at radius 3 is 0.823 bits per heavy atom. The van der Waals surface area contributed by atoms with Crippen LogP contribution in [-0.2, 0) is 28.6 Å². The maximum Gasteiger partial charge on any atom is 0.306 e. The Hall–Kier alpha value is -3.67. The molecule has 6 heteroatoms. The van der Waals surface area contributed by atoms with Crippen LogP contribution in [0, 0.1) is 0 Å². The molecule has 0 aromatic carbocycles. The number of carbonyl (C=O) groups is 3. The van der Waals surface area contributed by atoms with Gasteiger partial charge in [0.05, 0.1) is 0 Å². The van der Waals surface area contributed by atoms with Crippen LogP contribution in [0.3, 0.4) is 0 Å². The van der Waals surface area contributed by atoms with E-state index in [1.54, 1.807) is 0 Å². The van der Waals surface area contributed by atoms with Gasteiger partial charge < -0.3 is 14.2 Å². The summed E-state index contributed by atoms with van der Waals surface area (Å²) in [6, 6.07) is 0. The standard InChI is InChI=1S/C73H126O6/c1-4-7-10-13-16-19-22-25-28-31-32-33-34-35-36-37-38-39-40-43-45-48-51-54-57-60-63-66-72(75)78-69-70(79-73(76)67-64-61-58-55-52-49-46-42-30-27-24-21-18-15-12-9-6-3)68-77-71(74)65-62-59-56-53-50-47-44-41-29-26-23-20-17-14-11-8-5-2/h9,12,18,21-22,25-27,29-32,46,49,55,58,70H,4-8,10-11,13-17,19-20,23-24,28,33-45,47-48,50-54,56-57,59-69H2,1-3H3/b12-9-,21-18-,25-22-,29-26-,30-27-,32-31-,49-46-,58-55-. The minimum atomic E-state index is -0.811. The molecule has 0 radical (unpaired) electrons. The van der Waals surface area contributed by atoms with Crippen molar-refractivity contribution in [3.8, 4) is 0 Å². The van der Waals surface area contributed by atoms with Crippen LogP contribution in [0.15, 0.2) is 97.2 Å². The zero-order chi connectivity index (χ0) is 57.1. The molecule has 6 nitrogen and oxygen atoms in total. The number of hydrogen-bond acceptors (Lipinski definition) is 6. The van der Waals surface area contributed by atoms with E-state index in [4.69, 9.17) is 14.2 Å². The van der Waals surface area contributed by atoms with Crippen LogP contribution in [-0.4, -0.2) is 37.2 Å². The summed E-state index contributed by atoms with van der Waals surface area (Å²) in [5, 5.41) is 0. The SMILES string of the molecule is CC/C=C\C/C=C\C/C=C\C/C=C\C/C=C\CCCC(=O)OC(COC(=O)CCCCCCCCC/C=C\CCCCCCCC)COC(=O)CCCCCCCCCCCCCCCCC/C=C\C/C=C\CCCCCCC. The van der Waals surface area contributed by atoms with Crippen LogP contribution in [0.5, 0.6) is 0 Å². The molecule has 0 rings (SSSR count). The number of hydrogen-bond donors (Lipinski definition) is 0. The third kappa shape index (κ3) is 65.0. The molecule has 0 aliphatic rings. The molecule has 79 heavy (non-hydrogen) atoms. The van der Waals surface area contributed by atoms with Gasteiger partial charge in [-0.1, -0.05) is 291 Å². The quantitative estimate of drug-likeness (QED) is 0.0261. The molecule has 0 saturated heterocycles. The Balaban J connectivity index is 4.35. The highest BCUT2D eigenvalue weighted by molar-refractivity contribution is 5.71. The lowest BCUT2D eigenvalue weighted by Gasteiger charge is -2.18. The second kappa shape index (κ2) is 66.8. The zero-order valence-corrected chi connectivity index (χ0v) is 52.1. The van der Waals surface area contributed by atoms with E-state index in [-0.39, 0.29) is 37.5 Å². The molecule has 0 amide bonds. The van der Waals surface area contributed by atoms with E-state index in [1.807, 2.05) is 0 Å². The summed E-state index contributed by atoms with van der Waals surface area (Å²) in [5.41, 5.74) is 0. The van der Waals surface area contributed by atoms with Crippen LogP contribution < -0.4 is 0 Å². The second-order valence-corrected chi connectivity index (χ2v) is 22.3. The molecule has 454 valence electrons. The highest BCUT2D eigenvalue weighted by Gasteiger charge is 2.19. The first-order valence-electron chi connectivity index (χ1n) is 33.7. The van der Waals surface area contributed by atoms with E-state index < -0.39 is 6.10 Å². The van der Waals surface area contributed by atoms with E-state index >= 15 is 0 Å². The number of allylic oxidation sites excluding steroid dienone is 16. The number of rotatable bonds is 61. The van der Waals surface area contributed by atoms with Crippen LogP contribution in [0.1, 0.15) is 329 Å². The molecule has 1 atom stereocenters. The Morgan fingerprint density at radius 2 is 0.506 bits per heavy atom. The Bertz CT molecular complexity index is 1540. The van der Waals surface area contributed by atoms with E-state index in [9.17, 15) is 14.4 Å². The van der Waals surface area contributed by atoms with Crippen molar-refractivity contribution in [2.45, 2.75) is 335 Å². The first-order valence-corrected chi connectivity index (χ1v) is 33.7. The average molecular weight is 1100 g/mol. The van der Waals surface area contributed by atoms with Gasteiger partial charge in [-0.05, 0) is 116 Å². The van der Waals surface area contributed by atoms with Crippen molar-refractivity contribution >= 4 is 17.9 Å².